The van der Waals surface area contributed by atoms with Crippen molar-refractivity contribution in [1.29, 1.82) is 0 Å². The Balaban J connectivity index is 1.61. The number of Topliss-reactive ketones (excluding diaryl/α,β-unsaturated/α-hetero) is 2. The summed E-state index contributed by atoms with van der Waals surface area (Å²) < 4.78 is 7.26. The number of nitrogens with zero attached hydrogens (tertiary/aromatic N) is 2. The first-order valence-electron chi connectivity index (χ1n) is 13.6. The number of methoxy groups -OCH3 is 1. The van der Waals surface area contributed by atoms with Crippen LogP contribution in [0.3, 0.4) is 0 Å². The topological polar surface area (TPSA) is 73.2 Å². The molecule has 0 saturated heterocycles. The van der Waals surface area contributed by atoms with Crippen molar-refractivity contribution in [3.8, 4) is 22.7 Å². The first-order valence-corrected chi connectivity index (χ1v) is 13.6. The molecule has 0 spiro atoms. The zero-order valence-electron chi connectivity index (χ0n) is 23.3. The second kappa shape index (κ2) is 9.08. The minimum atomic E-state index is -0.460. The highest BCUT2D eigenvalue weighted by Gasteiger charge is 2.47. The summed E-state index contributed by atoms with van der Waals surface area (Å²) in [6.07, 6.45) is 4.45. The van der Waals surface area contributed by atoms with Crippen molar-refractivity contribution in [3.63, 3.8) is 0 Å². The molecule has 1 N–H and O–H groups in total. The molecule has 3 aliphatic rings. The number of carbonyl (C=O) groups excluding carboxylic acids is 2. The molecule has 2 heterocycles. The third-order valence-electron chi connectivity index (χ3n) is 8.16. The minimum absolute atomic E-state index is 0.107. The Morgan fingerprint density at radius 2 is 1.38 bits per heavy atom. The van der Waals surface area contributed by atoms with Crippen molar-refractivity contribution < 1.29 is 14.3 Å². The third kappa shape index (κ3) is 4.52. The number of hydrogen-bond acceptors (Lipinski definition) is 5. The van der Waals surface area contributed by atoms with E-state index in [9.17, 15) is 9.59 Å². The summed E-state index contributed by atoms with van der Waals surface area (Å²) in [6, 6.07) is 17.8. The lowest BCUT2D eigenvalue weighted by atomic mass is 9.64. The number of dihydropyridines is 1. The summed E-state index contributed by atoms with van der Waals surface area (Å²) in [5.74, 6) is 0.513. The number of aromatic nitrogens is 2. The maximum absolute atomic E-state index is 13.9. The van der Waals surface area contributed by atoms with Gasteiger partial charge in [0.15, 0.2) is 11.6 Å². The van der Waals surface area contributed by atoms with E-state index in [2.05, 4.69) is 33.0 Å². The standard InChI is InChI=1S/C33H35N3O3/c1-32(2)15-24-29(26(37)17-32)28(30-25(34-24)16-33(3,4)18-27(30)38)23-19-36(21-9-7-6-8-10-21)35-31(23)20-11-13-22(39-5)14-12-20/h6-14,19,28,34H,15-18H2,1-5H3. The number of ether oxygens (including phenoxy) is 1. The van der Waals surface area contributed by atoms with Gasteiger partial charge in [0.2, 0.25) is 0 Å². The van der Waals surface area contributed by atoms with Crippen LogP contribution in [0.15, 0.2) is 83.3 Å². The normalized spacial score (nSPS) is 20.4. The lowest BCUT2D eigenvalue weighted by Crippen LogP contribution is -2.42. The molecule has 3 aromatic rings. The molecule has 2 aliphatic carbocycles. The van der Waals surface area contributed by atoms with E-state index in [0.29, 0.717) is 12.8 Å². The van der Waals surface area contributed by atoms with Crippen LogP contribution in [0.4, 0.5) is 0 Å². The van der Waals surface area contributed by atoms with Gasteiger partial charge in [-0.2, -0.15) is 5.10 Å². The third-order valence-corrected chi connectivity index (χ3v) is 8.16. The van der Waals surface area contributed by atoms with Gasteiger partial charge in [-0.3, -0.25) is 9.59 Å². The molecule has 0 amide bonds. The van der Waals surface area contributed by atoms with Crippen molar-refractivity contribution in [2.24, 2.45) is 10.8 Å². The number of rotatable bonds is 4. The SMILES string of the molecule is COc1ccc(-c2nn(-c3ccccc3)cc2C2C3=C(CC(C)(C)CC3=O)NC3=C2C(=O)CC(C)(C)C3)cc1. The summed E-state index contributed by atoms with van der Waals surface area (Å²) in [4.78, 5) is 27.7. The number of nitrogens with one attached hydrogen (secondary N) is 1. The first-order chi connectivity index (χ1) is 18.5. The second-order valence-electron chi connectivity index (χ2n) is 12.7. The van der Waals surface area contributed by atoms with Crippen LogP contribution in [-0.4, -0.2) is 28.5 Å². The monoisotopic (exact) mass is 521 g/mol. The maximum Gasteiger partial charge on any atom is 0.162 e. The van der Waals surface area contributed by atoms with Crippen molar-refractivity contribution in [3.05, 3.63) is 88.9 Å². The van der Waals surface area contributed by atoms with E-state index < -0.39 is 5.92 Å². The lowest BCUT2D eigenvalue weighted by molar-refractivity contribution is -0.119. The molecule has 1 aliphatic heterocycles. The molecule has 0 radical (unpaired) electrons. The van der Waals surface area contributed by atoms with Crippen LogP contribution in [0.5, 0.6) is 5.75 Å². The van der Waals surface area contributed by atoms with Crippen molar-refractivity contribution in [1.82, 2.24) is 15.1 Å². The lowest BCUT2D eigenvalue weighted by Gasteiger charge is -2.43. The first kappa shape index (κ1) is 25.4. The molecule has 1 aromatic heterocycles. The average Bonchev–Trinajstić information content (AvgIpc) is 3.32. The van der Waals surface area contributed by atoms with E-state index in [4.69, 9.17) is 9.84 Å². The molecule has 6 nitrogen and oxygen atoms in total. The predicted octanol–water partition coefficient (Wildman–Crippen LogP) is 6.52. The number of carbonyl (C=O) groups is 2. The maximum atomic E-state index is 13.9. The van der Waals surface area contributed by atoms with Gasteiger partial charge in [0.1, 0.15) is 5.75 Å². The van der Waals surface area contributed by atoms with Crippen LogP contribution in [0.2, 0.25) is 0 Å². The van der Waals surface area contributed by atoms with Crippen molar-refractivity contribution in [2.45, 2.75) is 59.3 Å². The van der Waals surface area contributed by atoms with Crippen molar-refractivity contribution in [2.75, 3.05) is 7.11 Å². The van der Waals surface area contributed by atoms with Gasteiger partial charge in [0.05, 0.1) is 18.5 Å². The fourth-order valence-corrected chi connectivity index (χ4v) is 6.48. The highest BCUT2D eigenvalue weighted by atomic mass is 16.5. The van der Waals surface area contributed by atoms with E-state index >= 15 is 0 Å². The Hall–Kier alpha value is -3.93. The summed E-state index contributed by atoms with van der Waals surface area (Å²) >= 11 is 0. The summed E-state index contributed by atoms with van der Waals surface area (Å²) in [6.45, 7) is 8.56. The number of ketones is 2. The average molecular weight is 522 g/mol. The Labute approximate surface area is 229 Å². The van der Waals surface area contributed by atoms with Gasteiger partial charge in [0, 0.05) is 58.6 Å². The van der Waals surface area contributed by atoms with Crippen LogP contribution in [0.25, 0.3) is 16.9 Å². The Kier molecular flexibility index (Phi) is 5.90. The van der Waals surface area contributed by atoms with Crippen LogP contribution in [0, 0.1) is 10.8 Å². The van der Waals surface area contributed by atoms with Gasteiger partial charge in [-0.05, 0) is 60.1 Å². The summed E-state index contributed by atoms with van der Waals surface area (Å²) in [5, 5.41) is 8.67. The van der Waals surface area contributed by atoms with Crippen LogP contribution in [0.1, 0.15) is 64.9 Å². The molecule has 39 heavy (non-hydrogen) atoms. The molecule has 6 rings (SSSR count). The zero-order valence-corrected chi connectivity index (χ0v) is 23.3. The number of para-hydroxylation sites is 1. The molecule has 200 valence electrons. The molecule has 0 saturated carbocycles. The van der Waals surface area contributed by atoms with Gasteiger partial charge in [-0.25, -0.2) is 4.68 Å². The quantitative estimate of drug-likeness (QED) is 0.423. The predicted molar refractivity (Wildman–Crippen MR) is 152 cm³/mol. The Bertz CT molecular complexity index is 1490. The van der Waals surface area contributed by atoms with Gasteiger partial charge < -0.3 is 10.1 Å². The van der Waals surface area contributed by atoms with Crippen molar-refractivity contribution >= 4 is 11.6 Å². The summed E-state index contributed by atoms with van der Waals surface area (Å²) in [5.41, 5.74) is 6.55. The second-order valence-corrected chi connectivity index (χ2v) is 12.7. The number of allylic oxidation sites excluding steroid dienone is 4. The van der Waals surface area contributed by atoms with Gasteiger partial charge in [-0.15, -0.1) is 0 Å². The molecule has 2 aromatic carbocycles. The summed E-state index contributed by atoms with van der Waals surface area (Å²) in [7, 11) is 1.65. The smallest absolute Gasteiger partial charge is 0.162 e. The molecule has 0 atom stereocenters. The molecule has 0 bridgehead atoms. The minimum Gasteiger partial charge on any atom is -0.497 e. The van der Waals surface area contributed by atoms with Gasteiger partial charge in [-0.1, -0.05) is 45.9 Å². The number of benzene rings is 2. The molecule has 0 fully saturated rings. The molecule has 0 unspecified atom stereocenters. The largest absolute Gasteiger partial charge is 0.497 e. The Morgan fingerprint density at radius 1 is 0.821 bits per heavy atom. The van der Waals surface area contributed by atoms with Gasteiger partial charge in [0.25, 0.3) is 0 Å². The number of hydrogen-bond donors (Lipinski definition) is 1. The van der Waals surface area contributed by atoms with Crippen LogP contribution < -0.4 is 10.1 Å². The zero-order chi connectivity index (χ0) is 27.5. The fourth-order valence-electron chi connectivity index (χ4n) is 6.48. The highest BCUT2D eigenvalue weighted by molar-refractivity contribution is 6.07. The van der Waals surface area contributed by atoms with E-state index in [1.807, 2.05) is 65.5 Å². The fraction of sp³-hybridized carbons (Fsp3) is 0.364. The van der Waals surface area contributed by atoms with Crippen LogP contribution >= 0.6 is 0 Å². The molecular weight excluding hydrogens is 486 g/mol. The van der Waals surface area contributed by atoms with Crippen LogP contribution in [-0.2, 0) is 9.59 Å². The van der Waals surface area contributed by atoms with E-state index in [1.54, 1.807) is 7.11 Å². The molecule has 6 heteroatoms. The Morgan fingerprint density at radius 3 is 1.92 bits per heavy atom. The van der Waals surface area contributed by atoms with Gasteiger partial charge >= 0.3 is 0 Å². The molecular formula is C33H35N3O3. The van der Waals surface area contributed by atoms with E-state index in [-0.39, 0.29) is 22.4 Å². The highest BCUT2D eigenvalue weighted by Crippen LogP contribution is 2.52. The van der Waals surface area contributed by atoms with E-state index in [1.165, 1.54) is 0 Å². The van der Waals surface area contributed by atoms with E-state index in [0.717, 1.165) is 63.6 Å².